The van der Waals surface area contributed by atoms with E-state index < -0.39 is 0 Å². The number of carbonyl (C=O) groups excluding carboxylic acids is 1. The quantitative estimate of drug-likeness (QED) is 0.578. The fourth-order valence-electron chi connectivity index (χ4n) is 3.36. The van der Waals surface area contributed by atoms with E-state index in [0.29, 0.717) is 49.3 Å². The van der Waals surface area contributed by atoms with Gasteiger partial charge in [0.1, 0.15) is 11.0 Å². The van der Waals surface area contributed by atoms with E-state index in [1.165, 1.54) is 0 Å². The van der Waals surface area contributed by atoms with Gasteiger partial charge >= 0.3 is 0 Å². The summed E-state index contributed by atoms with van der Waals surface area (Å²) in [6, 6.07) is 15.3. The zero-order chi connectivity index (χ0) is 20.1. The highest BCUT2D eigenvalue weighted by atomic mass is 35.5. The zero-order valence-corrected chi connectivity index (χ0v) is 16.8. The molecule has 1 aliphatic rings. The van der Waals surface area contributed by atoms with Crippen LogP contribution >= 0.6 is 11.6 Å². The van der Waals surface area contributed by atoms with E-state index in [1.807, 2.05) is 47.4 Å². The summed E-state index contributed by atoms with van der Waals surface area (Å²) in [7, 11) is 0. The Morgan fingerprint density at radius 2 is 1.79 bits per heavy atom. The molecule has 0 unspecified atom stereocenters. The lowest BCUT2D eigenvalue weighted by Crippen LogP contribution is -2.49. The maximum Gasteiger partial charge on any atom is 0.247 e. The molecule has 0 radical (unpaired) electrons. The molecule has 150 valence electrons. The van der Waals surface area contributed by atoms with Gasteiger partial charge in [0.05, 0.1) is 0 Å². The number of amides is 1. The van der Waals surface area contributed by atoms with Crippen LogP contribution in [0.3, 0.4) is 0 Å². The minimum Gasteiger partial charge on any atom is -0.421 e. The average molecular weight is 412 g/mol. The number of hydrogen-bond acceptors (Lipinski definition) is 6. The van der Waals surface area contributed by atoms with Gasteiger partial charge in [-0.1, -0.05) is 35.9 Å². The van der Waals surface area contributed by atoms with Gasteiger partial charge in [0.2, 0.25) is 17.7 Å². The van der Waals surface area contributed by atoms with Crippen LogP contribution in [0.15, 0.2) is 52.9 Å². The molecular weight excluding hydrogens is 390 g/mol. The molecule has 4 rings (SSSR count). The third-order valence-corrected chi connectivity index (χ3v) is 5.14. The van der Waals surface area contributed by atoms with Crippen molar-refractivity contribution in [2.24, 2.45) is 0 Å². The van der Waals surface area contributed by atoms with Crippen molar-refractivity contribution in [1.29, 1.82) is 0 Å². The summed E-state index contributed by atoms with van der Waals surface area (Å²) in [6.45, 7) is 2.88. The molecule has 7 nitrogen and oxygen atoms in total. The Hall–Kier alpha value is -2.93. The predicted molar refractivity (Wildman–Crippen MR) is 111 cm³/mol. The molecule has 0 saturated carbocycles. The highest BCUT2D eigenvalue weighted by molar-refractivity contribution is 6.29. The number of hydrogen-bond donors (Lipinski definition) is 0. The van der Waals surface area contributed by atoms with Gasteiger partial charge < -0.3 is 14.2 Å². The van der Waals surface area contributed by atoms with Crippen molar-refractivity contribution in [3.8, 4) is 11.5 Å². The van der Waals surface area contributed by atoms with Crippen molar-refractivity contribution >= 4 is 23.3 Å². The molecule has 2 aromatic heterocycles. The Morgan fingerprint density at radius 1 is 1.00 bits per heavy atom. The van der Waals surface area contributed by atoms with E-state index in [9.17, 15) is 4.79 Å². The van der Waals surface area contributed by atoms with Crippen molar-refractivity contribution in [3.05, 3.63) is 59.6 Å². The molecule has 29 heavy (non-hydrogen) atoms. The normalized spacial score (nSPS) is 14.2. The number of benzene rings is 1. The molecule has 1 saturated heterocycles. The first kappa shape index (κ1) is 19.4. The van der Waals surface area contributed by atoms with Crippen molar-refractivity contribution < 1.29 is 9.21 Å². The highest BCUT2D eigenvalue weighted by Gasteiger charge is 2.22. The predicted octanol–water partition coefficient (Wildman–Crippen LogP) is 3.46. The molecule has 1 fully saturated rings. The van der Waals surface area contributed by atoms with Crippen LogP contribution in [0, 0.1) is 0 Å². The second-order valence-electron chi connectivity index (χ2n) is 6.91. The van der Waals surface area contributed by atoms with Crippen LogP contribution in [0.2, 0.25) is 5.15 Å². The standard InChI is InChI=1S/C21H22ClN5O2/c22-17-8-4-9-18(23-17)26-12-14-27(15-13-26)20(28)11-5-10-19-24-25-21(29-19)16-6-2-1-3-7-16/h1-4,6-9H,5,10-15H2. The minimum atomic E-state index is 0.159. The molecule has 8 heteroatoms. The van der Waals surface area contributed by atoms with E-state index in [4.69, 9.17) is 16.0 Å². The van der Waals surface area contributed by atoms with Gasteiger partial charge in [-0.15, -0.1) is 10.2 Å². The zero-order valence-electron chi connectivity index (χ0n) is 16.0. The number of aromatic nitrogens is 3. The third-order valence-electron chi connectivity index (χ3n) is 4.93. The first-order chi connectivity index (χ1) is 14.2. The molecule has 1 amide bonds. The third kappa shape index (κ3) is 4.92. The van der Waals surface area contributed by atoms with Crippen LogP contribution in [-0.2, 0) is 11.2 Å². The van der Waals surface area contributed by atoms with Crippen LogP contribution in [0.4, 0.5) is 5.82 Å². The monoisotopic (exact) mass is 411 g/mol. The number of aryl methyl sites for hydroxylation is 1. The summed E-state index contributed by atoms with van der Waals surface area (Å²) in [5.74, 6) is 2.09. The largest absolute Gasteiger partial charge is 0.421 e. The Labute approximate surface area is 174 Å². The summed E-state index contributed by atoms with van der Waals surface area (Å²) >= 11 is 5.97. The van der Waals surface area contributed by atoms with Crippen LogP contribution < -0.4 is 4.90 Å². The van der Waals surface area contributed by atoms with E-state index >= 15 is 0 Å². The molecule has 1 aliphatic heterocycles. The summed E-state index contributed by atoms with van der Waals surface area (Å²) in [6.07, 6.45) is 1.75. The number of pyridine rings is 1. The fourth-order valence-corrected chi connectivity index (χ4v) is 3.52. The SMILES string of the molecule is O=C(CCCc1nnc(-c2ccccc2)o1)N1CCN(c2cccc(Cl)n2)CC1. The van der Waals surface area contributed by atoms with Crippen LogP contribution in [0.25, 0.3) is 11.5 Å². The number of nitrogens with zero attached hydrogens (tertiary/aromatic N) is 5. The van der Waals surface area contributed by atoms with Crippen LogP contribution in [0.5, 0.6) is 0 Å². The van der Waals surface area contributed by atoms with E-state index in [-0.39, 0.29) is 5.91 Å². The second-order valence-corrected chi connectivity index (χ2v) is 7.29. The molecule has 1 aromatic carbocycles. The van der Waals surface area contributed by atoms with Gasteiger partial charge in [-0.2, -0.15) is 0 Å². The second kappa shape index (κ2) is 9.05. The smallest absolute Gasteiger partial charge is 0.247 e. The fraction of sp³-hybridized carbons (Fsp3) is 0.333. The lowest BCUT2D eigenvalue weighted by Gasteiger charge is -2.35. The summed E-state index contributed by atoms with van der Waals surface area (Å²) < 4.78 is 5.70. The number of carbonyl (C=O) groups is 1. The number of piperazine rings is 1. The first-order valence-electron chi connectivity index (χ1n) is 9.72. The minimum absolute atomic E-state index is 0.159. The molecule has 0 aliphatic carbocycles. The Bertz CT molecular complexity index is 954. The van der Waals surface area contributed by atoms with Gasteiger partial charge in [-0.05, 0) is 30.7 Å². The van der Waals surface area contributed by atoms with Gasteiger partial charge in [-0.3, -0.25) is 4.79 Å². The van der Waals surface area contributed by atoms with Gasteiger partial charge in [0.15, 0.2) is 0 Å². The summed E-state index contributed by atoms with van der Waals surface area (Å²) in [5.41, 5.74) is 0.898. The molecule has 0 atom stereocenters. The van der Waals surface area contributed by atoms with Gasteiger partial charge in [0, 0.05) is 44.6 Å². The van der Waals surface area contributed by atoms with Gasteiger partial charge in [0.25, 0.3) is 0 Å². The maximum atomic E-state index is 12.5. The molecular formula is C21H22ClN5O2. The van der Waals surface area contributed by atoms with E-state index in [2.05, 4.69) is 20.1 Å². The Morgan fingerprint density at radius 3 is 2.55 bits per heavy atom. The first-order valence-corrected chi connectivity index (χ1v) is 10.1. The van der Waals surface area contributed by atoms with Crippen LogP contribution in [0.1, 0.15) is 18.7 Å². The maximum absolute atomic E-state index is 12.5. The summed E-state index contributed by atoms with van der Waals surface area (Å²) in [5, 5.41) is 8.65. The van der Waals surface area contributed by atoms with E-state index in [1.54, 1.807) is 6.07 Å². The molecule has 0 N–H and O–H groups in total. The van der Waals surface area contributed by atoms with E-state index in [0.717, 1.165) is 24.5 Å². The summed E-state index contributed by atoms with van der Waals surface area (Å²) in [4.78, 5) is 20.9. The van der Waals surface area contributed by atoms with Gasteiger partial charge in [-0.25, -0.2) is 4.98 Å². The van der Waals surface area contributed by atoms with Crippen molar-refractivity contribution in [2.75, 3.05) is 31.1 Å². The van der Waals surface area contributed by atoms with Crippen molar-refractivity contribution in [3.63, 3.8) is 0 Å². The number of rotatable bonds is 6. The molecule has 0 bridgehead atoms. The van der Waals surface area contributed by atoms with Crippen molar-refractivity contribution in [2.45, 2.75) is 19.3 Å². The highest BCUT2D eigenvalue weighted by Crippen LogP contribution is 2.19. The lowest BCUT2D eigenvalue weighted by molar-refractivity contribution is -0.131. The number of anilines is 1. The topological polar surface area (TPSA) is 75.4 Å². The Kier molecular flexibility index (Phi) is 6.05. The van der Waals surface area contributed by atoms with Crippen LogP contribution in [-0.4, -0.2) is 52.2 Å². The van der Waals surface area contributed by atoms with Crippen molar-refractivity contribution in [1.82, 2.24) is 20.1 Å². The molecule has 3 aromatic rings. The molecule has 0 spiro atoms. The number of halogens is 1. The molecule has 3 heterocycles. The lowest BCUT2D eigenvalue weighted by atomic mass is 10.2. The average Bonchev–Trinajstić information content (AvgIpc) is 3.23. The Balaban J connectivity index is 1.22.